The molecule has 0 unspecified atom stereocenters. The van der Waals surface area contributed by atoms with Crippen molar-refractivity contribution in [2.75, 3.05) is 0 Å². The van der Waals surface area contributed by atoms with Crippen LogP contribution in [0.1, 0.15) is 5.56 Å². The van der Waals surface area contributed by atoms with Crippen molar-refractivity contribution in [1.29, 1.82) is 0 Å². The Morgan fingerprint density at radius 2 is 1.74 bits per heavy atom. The predicted octanol–water partition coefficient (Wildman–Crippen LogP) is 3.72. The first-order valence-electron chi connectivity index (χ1n) is 6.26. The molecule has 0 bridgehead atoms. The highest BCUT2D eigenvalue weighted by atomic mass is 35.5. The van der Waals surface area contributed by atoms with E-state index in [1.165, 1.54) is 0 Å². The summed E-state index contributed by atoms with van der Waals surface area (Å²) in [7, 11) is -3.86. The van der Waals surface area contributed by atoms with E-state index >= 15 is 0 Å². The second-order valence-corrected chi connectivity index (χ2v) is 6.68. The SMILES string of the molecule is O=S(=O)(NCc1cccc(Cl)c1)c1ccc(OC(F)(F)F)cc1. The minimum atomic E-state index is -4.83. The van der Waals surface area contributed by atoms with E-state index in [-0.39, 0.29) is 11.4 Å². The Labute approximate surface area is 135 Å². The highest BCUT2D eigenvalue weighted by molar-refractivity contribution is 7.89. The molecule has 124 valence electrons. The number of rotatable bonds is 5. The zero-order chi connectivity index (χ0) is 17.1. The summed E-state index contributed by atoms with van der Waals surface area (Å²) in [6.45, 7) is 0.00367. The number of ether oxygens (including phenoxy) is 1. The van der Waals surface area contributed by atoms with E-state index in [0.29, 0.717) is 10.6 Å². The molecule has 1 N–H and O–H groups in total. The number of alkyl halides is 3. The Bertz CT molecular complexity index is 777. The Morgan fingerprint density at radius 1 is 1.09 bits per heavy atom. The van der Waals surface area contributed by atoms with Crippen molar-refractivity contribution in [3.05, 3.63) is 59.1 Å². The summed E-state index contributed by atoms with van der Waals surface area (Å²) in [4.78, 5) is -0.172. The zero-order valence-electron chi connectivity index (χ0n) is 11.5. The number of hydrogen-bond donors (Lipinski definition) is 1. The smallest absolute Gasteiger partial charge is 0.406 e. The quantitative estimate of drug-likeness (QED) is 0.878. The molecule has 0 aliphatic rings. The van der Waals surface area contributed by atoms with Crippen LogP contribution in [0.25, 0.3) is 0 Å². The highest BCUT2D eigenvalue weighted by Gasteiger charge is 2.31. The first kappa shape index (κ1) is 17.6. The number of hydrogen-bond acceptors (Lipinski definition) is 3. The van der Waals surface area contributed by atoms with Crippen molar-refractivity contribution >= 4 is 21.6 Å². The molecule has 0 amide bonds. The van der Waals surface area contributed by atoms with Crippen LogP contribution in [0.5, 0.6) is 5.75 Å². The van der Waals surface area contributed by atoms with E-state index in [0.717, 1.165) is 24.3 Å². The molecule has 2 rings (SSSR count). The summed E-state index contributed by atoms with van der Waals surface area (Å²) >= 11 is 5.80. The van der Waals surface area contributed by atoms with Crippen LogP contribution in [0.4, 0.5) is 13.2 Å². The first-order valence-corrected chi connectivity index (χ1v) is 8.12. The molecule has 9 heteroatoms. The van der Waals surface area contributed by atoms with Gasteiger partial charge in [0.2, 0.25) is 10.0 Å². The van der Waals surface area contributed by atoms with Crippen LogP contribution in [0, 0.1) is 0 Å². The molecule has 0 aliphatic carbocycles. The maximum absolute atomic E-state index is 12.1. The second-order valence-electron chi connectivity index (χ2n) is 4.47. The summed E-state index contributed by atoms with van der Waals surface area (Å²) in [6, 6.07) is 10.5. The van der Waals surface area contributed by atoms with Gasteiger partial charge in [-0.2, -0.15) is 0 Å². The van der Waals surface area contributed by atoms with Gasteiger partial charge in [0.05, 0.1) is 4.90 Å². The molecule has 0 fully saturated rings. The van der Waals surface area contributed by atoms with Crippen molar-refractivity contribution in [2.45, 2.75) is 17.8 Å². The van der Waals surface area contributed by atoms with Crippen molar-refractivity contribution in [3.8, 4) is 5.75 Å². The molecule has 0 spiro atoms. The Balaban J connectivity index is 2.07. The minimum absolute atomic E-state index is 0.00367. The molecule has 0 atom stereocenters. The summed E-state index contributed by atoms with van der Waals surface area (Å²) < 4.78 is 66.3. The number of sulfonamides is 1. The molecular formula is C14H11ClF3NO3S. The lowest BCUT2D eigenvalue weighted by Gasteiger charge is -2.10. The van der Waals surface area contributed by atoms with Crippen LogP contribution in [-0.2, 0) is 16.6 Å². The first-order chi connectivity index (χ1) is 10.7. The van der Waals surface area contributed by atoms with Gasteiger partial charge in [-0.15, -0.1) is 13.2 Å². The molecular weight excluding hydrogens is 355 g/mol. The summed E-state index contributed by atoms with van der Waals surface area (Å²) in [5.74, 6) is -0.494. The number of benzene rings is 2. The third-order valence-corrected chi connectivity index (χ3v) is 4.38. The van der Waals surface area contributed by atoms with E-state index in [4.69, 9.17) is 11.6 Å². The van der Waals surface area contributed by atoms with Gasteiger partial charge in [0, 0.05) is 11.6 Å². The van der Waals surface area contributed by atoms with Gasteiger partial charge >= 0.3 is 6.36 Å². The van der Waals surface area contributed by atoms with Gasteiger partial charge in [-0.1, -0.05) is 23.7 Å². The fourth-order valence-corrected chi connectivity index (χ4v) is 2.96. The highest BCUT2D eigenvalue weighted by Crippen LogP contribution is 2.24. The second kappa shape index (κ2) is 6.77. The van der Waals surface area contributed by atoms with E-state index < -0.39 is 22.1 Å². The predicted molar refractivity (Wildman–Crippen MR) is 78.6 cm³/mol. The Morgan fingerprint density at radius 3 is 2.30 bits per heavy atom. The monoisotopic (exact) mass is 365 g/mol. The molecule has 0 saturated carbocycles. The van der Waals surface area contributed by atoms with E-state index in [1.807, 2.05) is 0 Å². The molecule has 0 radical (unpaired) electrons. The van der Waals surface area contributed by atoms with E-state index in [1.54, 1.807) is 24.3 Å². The maximum Gasteiger partial charge on any atom is 0.573 e. The maximum atomic E-state index is 12.1. The van der Waals surface area contributed by atoms with Gasteiger partial charge in [-0.05, 0) is 42.0 Å². The van der Waals surface area contributed by atoms with Gasteiger partial charge in [0.25, 0.3) is 0 Å². The Kier molecular flexibility index (Phi) is 5.18. The summed E-state index contributed by atoms with van der Waals surface area (Å²) in [5.41, 5.74) is 0.651. The zero-order valence-corrected chi connectivity index (χ0v) is 13.0. The lowest BCUT2D eigenvalue weighted by atomic mass is 10.2. The van der Waals surface area contributed by atoms with Crippen LogP contribution in [-0.4, -0.2) is 14.8 Å². The van der Waals surface area contributed by atoms with Gasteiger partial charge in [0.15, 0.2) is 0 Å². The summed E-state index contributed by atoms with van der Waals surface area (Å²) in [6.07, 6.45) is -4.83. The fraction of sp³-hybridized carbons (Fsp3) is 0.143. The van der Waals surface area contributed by atoms with Crippen LogP contribution >= 0.6 is 11.6 Å². The van der Waals surface area contributed by atoms with Crippen LogP contribution in [0.15, 0.2) is 53.4 Å². The fourth-order valence-electron chi connectivity index (χ4n) is 1.73. The lowest BCUT2D eigenvalue weighted by molar-refractivity contribution is -0.274. The molecule has 0 heterocycles. The molecule has 23 heavy (non-hydrogen) atoms. The van der Waals surface area contributed by atoms with E-state index in [2.05, 4.69) is 9.46 Å². The molecule has 2 aromatic carbocycles. The van der Waals surface area contributed by atoms with Crippen molar-refractivity contribution in [1.82, 2.24) is 4.72 Å². The topological polar surface area (TPSA) is 55.4 Å². The van der Waals surface area contributed by atoms with Gasteiger partial charge in [-0.25, -0.2) is 13.1 Å². The van der Waals surface area contributed by atoms with Gasteiger partial charge in [-0.3, -0.25) is 0 Å². The third-order valence-electron chi connectivity index (χ3n) is 2.72. The van der Waals surface area contributed by atoms with Crippen molar-refractivity contribution in [2.24, 2.45) is 0 Å². The van der Waals surface area contributed by atoms with Crippen LogP contribution < -0.4 is 9.46 Å². The third kappa shape index (κ3) is 5.42. The lowest BCUT2D eigenvalue weighted by Crippen LogP contribution is -2.23. The number of nitrogens with one attached hydrogen (secondary N) is 1. The normalized spacial score (nSPS) is 12.2. The van der Waals surface area contributed by atoms with Crippen LogP contribution in [0.3, 0.4) is 0 Å². The average Bonchev–Trinajstić information content (AvgIpc) is 2.44. The minimum Gasteiger partial charge on any atom is -0.406 e. The van der Waals surface area contributed by atoms with Gasteiger partial charge in [0.1, 0.15) is 5.75 Å². The molecule has 0 aliphatic heterocycles. The molecule has 0 aromatic heterocycles. The van der Waals surface area contributed by atoms with Crippen molar-refractivity contribution < 1.29 is 26.3 Å². The largest absolute Gasteiger partial charge is 0.573 e. The molecule has 4 nitrogen and oxygen atoms in total. The van der Waals surface area contributed by atoms with Crippen molar-refractivity contribution in [3.63, 3.8) is 0 Å². The van der Waals surface area contributed by atoms with Gasteiger partial charge < -0.3 is 4.74 Å². The molecule has 0 saturated heterocycles. The standard InChI is InChI=1S/C14H11ClF3NO3S/c15-11-3-1-2-10(8-11)9-19-23(20,21)13-6-4-12(5-7-13)22-14(16,17)18/h1-8,19H,9H2. The molecule has 2 aromatic rings. The number of halogens is 4. The average molecular weight is 366 g/mol. The summed E-state index contributed by atoms with van der Waals surface area (Å²) in [5, 5.41) is 0.468. The van der Waals surface area contributed by atoms with E-state index in [9.17, 15) is 21.6 Å². The van der Waals surface area contributed by atoms with Crippen LogP contribution in [0.2, 0.25) is 5.02 Å². The Hall–Kier alpha value is -1.77.